The Hall–Kier alpha value is -2.99. The lowest BCUT2D eigenvalue weighted by Gasteiger charge is -2.30. The van der Waals surface area contributed by atoms with Crippen molar-refractivity contribution in [1.82, 2.24) is 9.97 Å². The highest BCUT2D eigenvalue weighted by molar-refractivity contribution is 8.14. The average molecular weight is 442 g/mol. The van der Waals surface area contributed by atoms with Gasteiger partial charge in [-0.2, -0.15) is 0 Å². The summed E-state index contributed by atoms with van der Waals surface area (Å²) in [5, 5.41) is 0.615. The molecular formula is C22H20F2N4O2S. The number of aryl methyl sites for hydroxylation is 1. The van der Waals surface area contributed by atoms with Crippen LogP contribution in [0.15, 0.2) is 23.3 Å². The van der Waals surface area contributed by atoms with Crippen molar-refractivity contribution in [3.63, 3.8) is 0 Å². The van der Waals surface area contributed by atoms with Crippen LogP contribution in [0.3, 0.4) is 0 Å². The van der Waals surface area contributed by atoms with Crippen molar-refractivity contribution in [3.05, 3.63) is 52.5 Å². The number of rotatable bonds is 6. The summed E-state index contributed by atoms with van der Waals surface area (Å²) in [4.78, 5) is 25.5. The van der Waals surface area contributed by atoms with Gasteiger partial charge in [0, 0.05) is 23.2 Å². The van der Waals surface area contributed by atoms with Crippen LogP contribution in [0.4, 0.5) is 8.78 Å². The van der Waals surface area contributed by atoms with Gasteiger partial charge in [0.1, 0.15) is 5.69 Å². The SMILES string of the molecule is C#CCOc1cnc(C(=O)Cc2cc(F)c(F)c([C@@]3(C)N=C(N)S[C@H]4C[C@H]43)c2)c(C)n1. The number of ether oxygens (including phenoxy) is 1. The molecule has 1 saturated carbocycles. The first-order valence-electron chi connectivity index (χ1n) is 9.66. The summed E-state index contributed by atoms with van der Waals surface area (Å²) in [6, 6.07) is 2.54. The molecule has 0 bridgehead atoms. The molecule has 0 spiro atoms. The summed E-state index contributed by atoms with van der Waals surface area (Å²) in [5.41, 5.74) is 5.89. The first-order chi connectivity index (χ1) is 14.7. The molecule has 0 unspecified atom stereocenters. The minimum absolute atomic E-state index is 0.0329. The van der Waals surface area contributed by atoms with Gasteiger partial charge in [0.25, 0.3) is 0 Å². The number of halogens is 2. The van der Waals surface area contributed by atoms with E-state index in [2.05, 4.69) is 20.9 Å². The maximum absolute atomic E-state index is 14.8. The second-order valence-electron chi connectivity index (χ2n) is 7.77. The Morgan fingerprint density at radius 2 is 2.23 bits per heavy atom. The first-order valence-corrected chi connectivity index (χ1v) is 10.5. The van der Waals surface area contributed by atoms with Crippen molar-refractivity contribution in [3.8, 4) is 18.2 Å². The molecule has 0 radical (unpaired) electrons. The molecule has 1 aliphatic heterocycles. The van der Waals surface area contributed by atoms with Crippen molar-refractivity contribution >= 4 is 22.7 Å². The number of aromatic nitrogens is 2. The van der Waals surface area contributed by atoms with Gasteiger partial charge in [0.2, 0.25) is 5.88 Å². The van der Waals surface area contributed by atoms with E-state index < -0.39 is 17.2 Å². The van der Waals surface area contributed by atoms with Gasteiger partial charge >= 0.3 is 0 Å². The highest BCUT2D eigenvalue weighted by Gasteiger charge is 2.56. The fourth-order valence-electron chi connectivity index (χ4n) is 3.95. The summed E-state index contributed by atoms with van der Waals surface area (Å²) in [6.07, 6.45) is 7.12. The molecule has 2 aliphatic rings. The normalized spacial score (nSPS) is 24.0. The Morgan fingerprint density at radius 1 is 1.45 bits per heavy atom. The average Bonchev–Trinajstić information content (AvgIpc) is 3.49. The smallest absolute Gasteiger partial charge is 0.233 e. The Balaban J connectivity index is 1.62. The van der Waals surface area contributed by atoms with Gasteiger partial charge in [-0.1, -0.05) is 17.7 Å². The molecule has 1 fully saturated rings. The molecular weight excluding hydrogens is 422 g/mol. The number of carbonyl (C=O) groups excluding carboxylic acids is 1. The molecule has 31 heavy (non-hydrogen) atoms. The van der Waals surface area contributed by atoms with E-state index in [1.807, 2.05) is 0 Å². The largest absolute Gasteiger partial charge is 0.463 e. The molecule has 2 heterocycles. The zero-order chi connectivity index (χ0) is 22.3. The van der Waals surface area contributed by atoms with Crippen molar-refractivity contribution < 1.29 is 18.3 Å². The number of fused-ring (bicyclic) bond motifs is 1. The predicted octanol–water partition coefficient (Wildman–Crippen LogP) is 3.17. The lowest BCUT2D eigenvalue weighted by atomic mass is 9.85. The zero-order valence-corrected chi connectivity index (χ0v) is 17.8. The number of hydrogen-bond acceptors (Lipinski definition) is 7. The van der Waals surface area contributed by atoms with E-state index in [9.17, 15) is 13.6 Å². The number of nitrogens with two attached hydrogens (primary N) is 1. The van der Waals surface area contributed by atoms with Crippen LogP contribution in [0.5, 0.6) is 5.88 Å². The number of benzene rings is 1. The molecule has 6 nitrogen and oxygen atoms in total. The fraction of sp³-hybridized carbons (Fsp3) is 0.364. The third kappa shape index (κ3) is 4.00. The molecule has 9 heteroatoms. The topological polar surface area (TPSA) is 90.5 Å². The van der Waals surface area contributed by atoms with Gasteiger partial charge in [-0.15, -0.1) is 6.42 Å². The van der Waals surface area contributed by atoms with Crippen LogP contribution < -0.4 is 10.5 Å². The summed E-state index contributed by atoms with van der Waals surface area (Å²) < 4.78 is 34.4. The van der Waals surface area contributed by atoms with E-state index in [4.69, 9.17) is 16.9 Å². The van der Waals surface area contributed by atoms with Crippen molar-refractivity contribution in [2.45, 2.75) is 37.5 Å². The minimum atomic E-state index is -1.02. The van der Waals surface area contributed by atoms with Crippen LogP contribution in [-0.4, -0.2) is 32.8 Å². The number of Topliss-reactive ketones (excluding diaryl/α,β-unsaturated/α-hetero) is 1. The summed E-state index contributed by atoms with van der Waals surface area (Å²) in [5.74, 6) is 0.249. The molecule has 3 atom stereocenters. The minimum Gasteiger partial charge on any atom is -0.463 e. The molecule has 4 rings (SSSR count). The van der Waals surface area contributed by atoms with Crippen LogP contribution in [0.1, 0.15) is 40.7 Å². The van der Waals surface area contributed by atoms with Gasteiger partial charge in [0.15, 0.2) is 29.2 Å². The van der Waals surface area contributed by atoms with Crippen molar-refractivity contribution in [2.75, 3.05) is 6.61 Å². The maximum atomic E-state index is 14.8. The molecule has 1 aromatic heterocycles. The Bertz CT molecular complexity index is 1150. The van der Waals surface area contributed by atoms with Gasteiger partial charge in [-0.3, -0.25) is 9.79 Å². The molecule has 2 aromatic rings. The molecule has 2 N–H and O–H groups in total. The summed E-state index contributed by atoms with van der Waals surface area (Å²) in [7, 11) is 0. The monoisotopic (exact) mass is 442 g/mol. The van der Waals surface area contributed by atoms with Crippen LogP contribution in [0.2, 0.25) is 0 Å². The second kappa shape index (κ2) is 7.93. The van der Waals surface area contributed by atoms with E-state index in [-0.39, 0.29) is 47.1 Å². The zero-order valence-electron chi connectivity index (χ0n) is 17.0. The Labute approximate surface area is 182 Å². The number of thioether (sulfide) groups is 1. The molecule has 0 amide bonds. The molecule has 0 saturated heterocycles. The second-order valence-corrected chi connectivity index (χ2v) is 9.03. The maximum Gasteiger partial charge on any atom is 0.233 e. The highest BCUT2D eigenvalue weighted by atomic mass is 32.2. The van der Waals surface area contributed by atoms with E-state index in [1.54, 1.807) is 13.8 Å². The quantitative estimate of drug-likeness (QED) is 0.546. The van der Waals surface area contributed by atoms with Crippen molar-refractivity contribution in [2.24, 2.45) is 16.6 Å². The number of aliphatic imine (C=N–C) groups is 1. The first kappa shape index (κ1) is 21.2. The summed E-state index contributed by atoms with van der Waals surface area (Å²) >= 11 is 1.46. The summed E-state index contributed by atoms with van der Waals surface area (Å²) in [6.45, 7) is 3.41. The van der Waals surface area contributed by atoms with Crippen LogP contribution in [0.25, 0.3) is 0 Å². The Morgan fingerprint density at radius 3 is 2.94 bits per heavy atom. The van der Waals surface area contributed by atoms with Gasteiger partial charge in [0.05, 0.1) is 17.4 Å². The number of nitrogens with zero attached hydrogens (tertiary/aromatic N) is 3. The number of amidine groups is 1. The van der Waals surface area contributed by atoms with E-state index >= 15 is 0 Å². The highest BCUT2D eigenvalue weighted by Crippen LogP contribution is 2.57. The number of hydrogen-bond donors (Lipinski definition) is 1. The van der Waals surface area contributed by atoms with Gasteiger partial charge in [-0.05, 0) is 38.0 Å². The third-order valence-electron chi connectivity index (χ3n) is 5.56. The van der Waals surface area contributed by atoms with E-state index in [1.165, 1.54) is 24.0 Å². The predicted molar refractivity (Wildman–Crippen MR) is 114 cm³/mol. The lowest BCUT2D eigenvalue weighted by Crippen LogP contribution is -2.32. The number of carbonyl (C=O) groups is 1. The molecule has 1 aromatic carbocycles. The van der Waals surface area contributed by atoms with E-state index in [0.29, 0.717) is 16.4 Å². The third-order valence-corrected chi connectivity index (χ3v) is 6.72. The standard InChI is InChI=1S/C22H20F2N4O2S/c1-4-5-30-18-10-26-20(11(2)27-18)16(29)8-12-6-14(19(24)15(23)7-12)22(3)13-9-17(13)31-21(25)28-22/h1,6-7,10,13,17H,5,8-9H2,2-3H3,(H2,25,28)/t13-,17+,22+/m1/s1. The Kier molecular flexibility index (Phi) is 5.43. The molecule has 1 aliphatic carbocycles. The van der Waals surface area contributed by atoms with Gasteiger partial charge in [-0.25, -0.2) is 18.7 Å². The van der Waals surface area contributed by atoms with Crippen LogP contribution in [-0.2, 0) is 12.0 Å². The molecule has 160 valence electrons. The van der Waals surface area contributed by atoms with E-state index in [0.717, 1.165) is 12.5 Å². The van der Waals surface area contributed by atoms with Gasteiger partial charge < -0.3 is 10.5 Å². The van der Waals surface area contributed by atoms with Crippen molar-refractivity contribution in [1.29, 1.82) is 0 Å². The fourth-order valence-corrected chi connectivity index (χ4v) is 5.24. The van der Waals surface area contributed by atoms with Crippen LogP contribution in [0, 0.1) is 36.8 Å². The van der Waals surface area contributed by atoms with Crippen LogP contribution >= 0.6 is 11.8 Å². The number of terminal acetylenes is 1. The number of ketones is 1. The lowest BCUT2D eigenvalue weighted by molar-refractivity contribution is 0.0986.